The average molecular weight is 180 g/mol. The molecule has 13 heavy (non-hydrogen) atoms. The lowest BCUT2D eigenvalue weighted by Gasteiger charge is -2.18. The Kier molecular flexibility index (Phi) is 2.34. The van der Waals surface area contributed by atoms with Crippen molar-refractivity contribution in [3.63, 3.8) is 0 Å². The van der Waals surface area contributed by atoms with Crippen molar-refractivity contribution in [3.8, 4) is 0 Å². The first-order valence-electron chi connectivity index (χ1n) is 5.19. The molecular weight excluding hydrogens is 164 g/mol. The molecule has 0 N–H and O–H groups in total. The summed E-state index contributed by atoms with van der Waals surface area (Å²) in [6.45, 7) is 2.06. The molecule has 0 aromatic carbocycles. The molecule has 0 unspecified atom stereocenters. The molecule has 0 aromatic rings. The van der Waals surface area contributed by atoms with Crippen molar-refractivity contribution in [2.45, 2.75) is 51.5 Å². The van der Waals surface area contributed by atoms with Crippen molar-refractivity contribution in [1.82, 2.24) is 5.01 Å². The predicted octanol–water partition coefficient (Wildman–Crippen LogP) is 1.93. The van der Waals surface area contributed by atoms with Crippen LogP contribution in [0.15, 0.2) is 5.10 Å². The highest BCUT2D eigenvalue weighted by molar-refractivity contribution is 6.04. The van der Waals surface area contributed by atoms with E-state index >= 15 is 0 Å². The third-order valence-electron chi connectivity index (χ3n) is 2.94. The molecule has 2 rings (SSSR count). The smallest absolute Gasteiger partial charge is 0.248 e. The van der Waals surface area contributed by atoms with Gasteiger partial charge in [-0.05, 0) is 19.3 Å². The third kappa shape index (κ3) is 1.60. The molecule has 1 aliphatic carbocycles. The largest absolute Gasteiger partial charge is 0.273 e. The number of rotatable bonds is 2. The molecule has 2 aliphatic rings. The van der Waals surface area contributed by atoms with E-state index in [1.165, 1.54) is 12.8 Å². The molecule has 0 aromatic heterocycles. The van der Waals surface area contributed by atoms with Crippen LogP contribution in [0.5, 0.6) is 0 Å². The van der Waals surface area contributed by atoms with Crippen molar-refractivity contribution in [2.24, 2.45) is 5.10 Å². The van der Waals surface area contributed by atoms with Crippen LogP contribution in [0, 0.1) is 0 Å². The summed E-state index contributed by atoms with van der Waals surface area (Å²) in [7, 11) is 0. The van der Waals surface area contributed by atoms with Gasteiger partial charge in [0, 0.05) is 5.71 Å². The van der Waals surface area contributed by atoms with Gasteiger partial charge in [0.15, 0.2) is 0 Å². The van der Waals surface area contributed by atoms with Crippen molar-refractivity contribution in [2.75, 3.05) is 0 Å². The number of carbonyl (C=O) groups is 1. The summed E-state index contributed by atoms with van der Waals surface area (Å²) in [5.74, 6) is 0.212. The minimum atomic E-state index is 0.212. The van der Waals surface area contributed by atoms with Crippen LogP contribution in [0.1, 0.15) is 45.4 Å². The normalized spacial score (nSPS) is 24.2. The second kappa shape index (κ2) is 3.48. The van der Waals surface area contributed by atoms with E-state index in [0.717, 1.165) is 25.0 Å². The average Bonchev–Trinajstić information content (AvgIpc) is 2.72. The lowest BCUT2D eigenvalue weighted by molar-refractivity contribution is -0.130. The first-order valence-corrected chi connectivity index (χ1v) is 5.19. The molecule has 0 saturated heterocycles. The van der Waals surface area contributed by atoms with Gasteiger partial charge in [-0.1, -0.05) is 19.8 Å². The highest BCUT2D eigenvalue weighted by atomic mass is 16.2. The van der Waals surface area contributed by atoms with Crippen LogP contribution in [0.3, 0.4) is 0 Å². The van der Waals surface area contributed by atoms with Gasteiger partial charge in [-0.3, -0.25) is 4.79 Å². The number of hydrazone groups is 1. The van der Waals surface area contributed by atoms with E-state index in [-0.39, 0.29) is 5.91 Å². The van der Waals surface area contributed by atoms with Crippen molar-refractivity contribution in [3.05, 3.63) is 0 Å². The molecule has 1 aliphatic heterocycles. The molecule has 0 spiro atoms. The quantitative estimate of drug-likeness (QED) is 0.639. The Balaban J connectivity index is 2.05. The Morgan fingerprint density at radius 2 is 2.15 bits per heavy atom. The molecule has 0 radical (unpaired) electrons. The highest BCUT2D eigenvalue weighted by Crippen LogP contribution is 2.26. The van der Waals surface area contributed by atoms with Crippen LogP contribution in [-0.4, -0.2) is 22.7 Å². The van der Waals surface area contributed by atoms with Gasteiger partial charge in [-0.15, -0.1) is 0 Å². The first kappa shape index (κ1) is 8.73. The minimum absolute atomic E-state index is 0.212. The zero-order valence-electron chi connectivity index (χ0n) is 8.12. The monoisotopic (exact) mass is 180 g/mol. The molecule has 3 heteroatoms. The SMILES string of the molecule is CCC1=NN(C2CCCC2)C(=O)C1. The summed E-state index contributed by atoms with van der Waals surface area (Å²) in [4.78, 5) is 11.5. The summed E-state index contributed by atoms with van der Waals surface area (Å²) in [5.41, 5.74) is 1.05. The van der Waals surface area contributed by atoms with Gasteiger partial charge >= 0.3 is 0 Å². The van der Waals surface area contributed by atoms with Crippen LogP contribution in [0.2, 0.25) is 0 Å². The van der Waals surface area contributed by atoms with Crippen molar-refractivity contribution in [1.29, 1.82) is 0 Å². The maximum atomic E-state index is 11.5. The Labute approximate surface area is 78.8 Å². The minimum Gasteiger partial charge on any atom is -0.273 e. The molecule has 1 saturated carbocycles. The summed E-state index contributed by atoms with van der Waals surface area (Å²) in [6.07, 6.45) is 6.28. The van der Waals surface area contributed by atoms with Gasteiger partial charge in [-0.25, -0.2) is 5.01 Å². The fourth-order valence-corrected chi connectivity index (χ4v) is 2.13. The van der Waals surface area contributed by atoms with Gasteiger partial charge in [0.25, 0.3) is 0 Å². The molecular formula is C10H16N2O. The van der Waals surface area contributed by atoms with Crippen LogP contribution in [-0.2, 0) is 4.79 Å². The molecule has 0 atom stereocenters. The standard InChI is InChI=1S/C10H16N2O/c1-2-8-7-10(13)12(11-8)9-5-3-4-6-9/h9H,2-7H2,1H3. The van der Waals surface area contributed by atoms with Gasteiger partial charge < -0.3 is 0 Å². The van der Waals surface area contributed by atoms with E-state index in [1.54, 1.807) is 5.01 Å². The maximum Gasteiger partial charge on any atom is 0.248 e. The van der Waals surface area contributed by atoms with E-state index in [9.17, 15) is 4.79 Å². The van der Waals surface area contributed by atoms with Gasteiger partial charge in [0.05, 0.1) is 12.5 Å². The Hall–Kier alpha value is -0.860. The second-order valence-electron chi connectivity index (χ2n) is 3.87. The lowest BCUT2D eigenvalue weighted by atomic mass is 10.2. The van der Waals surface area contributed by atoms with Crippen molar-refractivity contribution >= 4 is 11.6 Å². The van der Waals surface area contributed by atoms with Crippen LogP contribution in [0.25, 0.3) is 0 Å². The highest BCUT2D eigenvalue weighted by Gasteiger charge is 2.31. The van der Waals surface area contributed by atoms with Crippen LogP contribution < -0.4 is 0 Å². The second-order valence-corrected chi connectivity index (χ2v) is 3.87. The topological polar surface area (TPSA) is 32.7 Å². The Bertz CT molecular complexity index is 241. The Morgan fingerprint density at radius 1 is 1.46 bits per heavy atom. The van der Waals surface area contributed by atoms with Crippen LogP contribution in [0.4, 0.5) is 0 Å². The van der Waals surface area contributed by atoms with Gasteiger partial charge in [0.2, 0.25) is 5.91 Å². The summed E-state index contributed by atoms with van der Waals surface area (Å²) >= 11 is 0. The summed E-state index contributed by atoms with van der Waals surface area (Å²) in [6, 6.07) is 0.413. The summed E-state index contributed by atoms with van der Waals surface area (Å²) in [5, 5.41) is 6.11. The van der Waals surface area contributed by atoms with Gasteiger partial charge in [-0.2, -0.15) is 5.10 Å². The van der Waals surface area contributed by atoms with E-state index in [1.807, 2.05) is 0 Å². The molecule has 1 amide bonds. The molecule has 72 valence electrons. The molecule has 1 heterocycles. The zero-order valence-corrected chi connectivity index (χ0v) is 8.12. The molecule has 0 bridgehead atoms. The number of carbonyl (C=O) groups excluding carboxylic acids is 1. The number of amides is 1. The van der Waals surface area contributed by atoms with Gasteiger partial charge in [0.1, 0.15) is 0 Å². The number of nitrogens with zero attached hydrogens (tertiary/aromatic N) is 2. The van der Waals surface area contributed by atoms with Crippen molar-refractivity contribution < 1.29 is 4.79 Å². The lowest BCUT2D eigenvalue weighted by Crippen LogP contribution is -2.30. The third-order valence-corrected chi connectivity index (χ3v) is 2.94. The predicted molar refractivity (Wildman–Crippen MR) is 51.4 cm³/mol. The fraction of sp³-hybridized carbons (Fsp3) is 0.800. The van der Waals surface area contributed by atoms with E-state index in [2.05, 4.69) is 12.0 Å². The van der Waals surface area contributed by atoms with E-state index in [0.29, 0.717) is 12.5 Å². The maximum absolute atomic E-state index is 11.5. The summed E-state index contributed by atoms with van der Waals surface area (Å²) < 4.78 is 0. The number of hydrogen-bond donors (Lipinski definition) is 0. The molecule has 3 nitrogen and oxygen atoms in total. The van der Waals surface area contributed by atoms with Crippen LogP contribution >= 0.6 is 0 Å². The fourth-order valence-electron chi connectivity index (χ4n) is 2.13. The van der Waals surface area contributed by atoms with E-state index < -0.39 is 0 Å². The number of hydrogen-bond acceptors (Lipinski definition) is 2. The van der Waals surface area contributed by atoms with E-state index in [4.69, 9.17) is 0 Å². The zero-order chi connectivity index (χ0) is 9.26. The first-order chi connectivity index (χ1) is 6.31. The Morgan fingerprint density at radius 3 is 2.69 bits per heavy atom. The molecule has 1 fully saturated rings.